The first-order chi connectivity index (χ1) is 4.75. The molecule has 0 amide bonds. The van der Waals surface area contributed by atoms with E-state index in [1.807, 2.05) is 25.1 Å². The van der Waals surface area contributed by atoms with Crippen molar-refractivity contribution in [3.05, 3.63) is 35.9 Å². The first-order valence-electron chi connectivity index (χ1n) is 3.23. The van der Waals surface area contributed by atoms with Crippen LogP contribution in [-0.4, -0.2) is 0 Å². The highest BCUT2D eigenvalue weighted by Gasteiger charge is 1.94. The Bertz CT molecular complexity index is 251. The summed E-state index contributed by atoms with van der Waals surface area (Å²) in [7, 11) is 0. The maximum absolute atomic E-state index is 5.72. The Balaban J connectivity index is 3.27. The fraction of sp³-hybridized carbons (Fsp3) is 0.111. The molecule has 1 rings (SSSR count). The zero-order chi connectivity index (χ0) is 7.56. The van der Waals surface area contributed by atoms with Crippen molar-refractivity contribution in [2.45, 2.75) is 6.92 Å². The van der Waals surface area contributed by atoms with Crippen LogP contribution in [0.25, 0.3) is 6.08 Å². The van der Waals surface area contributed by atoms with Crippen LogP contribution >= 0.6 is 0 Å². The Hall–Kier alpha value is -1.24. The summed E-state index contributed by atoms with van der Waals surface area (Å²) in [5.74, 6) is 0. The van der Waals surface area contributed by atoms with Crippen LogP contribution in [0.5, 0.6) is 0 Å². The van der Waals surface area contributed by atoms with E-state index < -0.39 is 0 Å². The Labute approximate surface area is 61.2 Å². The number of hydrogen-bond donors (Lipinski definition) is 1. The molecular weight excluding hydrogens is 122 g/mol. The fourth-order valence-corrected chi connectivity index (χ4v) is 0.881. The second kappa shape index (κ2) is 2.56. The van der Waals surface area contributed by atoms with Gasteiger partial charge in [0.25, 0.3) is 0 Å². The van der Waals surface area contributed by atoms with E-state index in [0.717, 1.165) is 16.8 Å². The third-order valence-corrected chi connectivity index (χ3v) is 1.58. The number of para-hydroxylation sites is 1. The molecule has 52 valence electrons. The predicted molar refractivity (Wildman–Crippen MR) is 45.7 cm³/mol. The molecule has 2 N–H and O–H groups in total. The maximum atomic E-state index is 5.72. The van der Waals surface area contributed by atoms with Gasteiger partial charge in [0.2, 0.25) is 0 Å². The molecule has 0 aliphatic heterocycles. The Kier molecular flexibility index (Phi) is 1.76. The monoisotopic (exact) mass is 133 g/mol. The van der Waals surface area contributed by atoms with Crippen molar-refractivity contribution in [2.75, 3.05) is 5.73 Å². The van der Waals surface area contributed by atoms with Crippen molar-refractivity contribution >= 4 is 11.8 Å². The largest absolute Gasteiger partial charge is 0.398 e. The van der Waals surface area contributed by atoms with Gasteiger partial charge in [-0.25, -0.2) is 0 Å². The average Bonchev–Trinajstić information content (AvgIpc) is 1.95. The van der Waals surface area contributed by atoms with E-state index in [0.29, 0.717) is 0 Å². The molecule has 0 heterocycles. The highest BCUT2D eigenvalue weighted by Crippen LogP contribution is 2.16. The molecule has 0 bridgehead atoms. The first kappa shape index (κ1) is 6.87. The van der Waals surface area contributed by atoms with Crippen molar-refractivity contribution in [1.29, 1.82) is 0 Å². The van der Waals surface area contributed by atoms with Gasteiger partial charge in [-0.15, -0.1) is 0 Å². The maximum Gasteiger partial charge on any atom is 0.0417 e. The van der Waals surface area contributed by atoms with Gasteiger partial charge in [0.15, 0.2) is 0 Å². The van der Waals surface area contributed by atoms with Crippen LogP contribution in [0.4, 0.5) is 5.69 Å². The molecular formula is C9H11N. The number of rotatable bonds is 1. The molecule has 0 spiro atoms. The number of nitrogens with two attached hydrogens (primary N) is 1. The summed E-state index contributed by atoms with van der Waals surface area (Å²) in [6.07, 6.45) is 1.77. The van der Waals surface area contributed by atoms with E-state index in [-0.39, 0.29) is 0 Å². The van der Waals surface area contributed by atoms with Gasteiger partial charge in [0, 0.05) is 5.69 Å². The smallest absolute Gasteiger partial charge is 0.0417 e. The summed E-state index contributed by atoms with van der Waals surface area (Å²) in [6, 6.07) is 5.92. The molecule has 0 aromatic heterocycles. The van der Waals surface area contributed by atoms with E-state index in [1.165, 1.54) is 0 Å². The lowest BCUT2D eigenvalue weighted by Crippen LogP contribution is -1.91. The van der Waals surface area contributed by atoms with Gasteiger partial charge in [0.05, 0.1) is 0 Å². The van der Waals surface area contributed by atoms with E-state index in [1.54, 1.807) is 6.08 Å². The van der Waals surface area contributed by atoms with Gasteiger partial charge in [-0.05, 0) is 18.1 Å². The molecule has 1 nitrogen and oxygen atoms in total. The van der Waals surface area contributed by atoms with E-state index in [9.17, 15) is 0 Å². The lowest BCUT2D eigenvalue weighted by Gasteiger charge is -2.01. The minimum Gasteiger partial charge on any atom is -0.398 e. The van der Waals surface area contributed by atoms with Crippen LogP contribution < -0.4 is 5.73 Å². The summed E-state index contributed by atoms with van der Waals surface area (Å²) in [4.78, 5) is 0. The zero-order valence-electron chi connectivity index (χ0n) is 6.09. The molecule has 0 fully saturated rings. The van der Waals surface area contributed by atoms with Gasteiger partial charge < -0.3 is 5.73 Å². The van der Waals surface area contributed by atoms with Crippen molar-refractivity contribution in [3.8, 4) is 0 Å². The normalized spacial score (nSPS) is 9.30. The number of hydrogen-bond acceptors (Lipinski definition) is 1. The standard InChI is InChI=1S/C9H11N/c1-3-8-6-4-5-7(2)9(8)10/h3-6H,1,10H2,2H3. The predicted octanol–water partition coefficient (Wildman–Crippen LogP) is 2.22. The molecule has 0 atom stereocenters. The third-order valence-electron chi connectivity index (χ3n) is 1.58. The quantitative estimate of drug-likeness (QED) is 0.584. The van der Waals surface area contributed by atoms with E-state index in [4.69, 9.17) is 5.73 Å². The third kappa shape index (κ3) is 1.03. The molecule has 1 aromatic rings. The zero-order valence-corrected chi connectivity index (χ0v) is 6.09. The molecule has 1 aromatic carbocycles. The van der Waals surface area contributed by atoms with Gasteiger partial charge in [-0.1, -0.05) is 30.9 Å². The molecule has 0 unspecified atom stereocenters. The summed E-state index contributed by atoms with van der Waals surface area (Å²) in [6.45, 7) is 5.64. The van der Waals surface area contributed by atoms with Crippen LogP contribution in [-0.2, 0) is 0 Å². The molecule has 0 aliphatic rings. The number of anilines is 1. The number of nitrogen functional groups attached to an aromatic ring is 1. The minimum atomic E-state index is 0.831. The number of aryl methyl sites for hydroxylation is 1. The Morgan fingerprint density at radius 2 is 2.20 bits per heavy atom. The molecule has 0 radical (unpaired) electrons. The second-order valence-electron chi connectivity index (χ2n) is 2.28. The SMILES string of the molecule is C=Cc1cccc(C)c1N. The van der Waals surface area contributed by atoms with Crippen molar-refractivity contribution in [3.63, 3.8) is 0 Å². The van der Waals surface area contributed by atoms with Gasteiger partial charge in [-0.2, -0.15) is 0 Å². The van der Waals surface area contributed by atoms with Crippen LogP contribution in [0.3, 0.4) is 0 Å². The Morgan fingerprint density at radius 3 is 2.70 bits per heavy atom. The van der Waals surface area contributed by atoms with Crippen molar-refractivity contribution in [2.24, 2.45) is 0 Å². The lowest BCUT2D eigenvalue weighted by molar-refractivity contribution is 1.46. The van der Waals surface area contributed by atoms with Crippen LogP contribution in [0.2, 0.25) is 0 Å². The summed E-state index contributed by atoms with van der Waals surface area (Å²) < 4.78 is 0. The Morgan fingerprint density at radius 1 is 1.50 bits per heavy atom. The van der Waals surface area contributed by atoms with Crippen LogP contribution in [0.1, 0.15) is 11.1 Å². The molecule has 1 heteroatoms. The topological polar surface area (TPSA) is 26.0 Å². The fourth-order valence-electron chi connectivity index (χ4n) is 0.881. The van der Waals surface area contributed by atoms with Crippen LogP contribution in [0, 0.1) is 6.92 Å². The second-order valence-corrected chi connectivity index (χ2v) is 2.28. The summed E-state index contributed by atoms with van der Waals surface area (Å²) in [5, 5.41) is 0. The van der Waals surface area contributed by atoms with Crippen molar-refractivity contribution < 1.29 is 0 Å². The lowest BCUT2D eigenvalue weighted by atomic mass is 10.1. The van der Waals surface area contributed by atoms with Gasteiger partial charge >= 0.3 is 0 Å². The van der Waals surface area contributed by atoms with E-state index in [2.05, 4.69) is 6.58 Å². The van der Waals surface area contributed by atoms with Crippen molar-refractivity contribution in [1.82, 2.24) is 0 Å². The molecule has 10 heavy (non-hydrogen) atoms. The minimum absolute atomic E-state index is 0.831. The average molecular weight is 133 g/mol. The molecule has 0 saturated heterocycles. The molecule has 0 saturated carbocycles. The summed E-state index contributed by atoms with van der Waals surface area (Å²) in [5.41, 5.74) is 8.68. The molecule has 0 aliphatic carbocycles. The first-order valence-corrected chi connectivity index (χ1v) is 3.23. The number of benzene rings is 1. The van der Waals surface area contributed by atoms with Gasteiger partial charge in [0.1, 0.15) is 0 Å². The highest BCUT2D eigenvalue weighted by atomic mass is 14.6. The van der Waals surface area contributed by atoms with Crippen LogP contribution in [0.15, 0.2) is 24.8 Å². The summed E-state index contributed by atoms with van der Waals surface area (Å²) >= 11 is 0. The highest BCUT2D eigenvalue weighted by molar-refractivity contribution is 5.66. The van der Waals surface area contributed by atoms with E-state index >= 15 is 0 Å². The van der Waals surface area contributed by atoms with Gasteiger partial charge in [-0.3, -0.25) is 0 Å².